The summed E-state index contributed by atoms with van der Waals surface area (Å²) in [7, 11) is 0. The van der Waals surface area contributed by atoms with Crippen LogP contribution in [0.25, 0.3) is 0 Å². The van der Waals surface area contributed by atoms with Crippen LogP contribution in [0.4, 0.5) is 0 Å². The molecule has 4 heteroatoms. The van der Waals surface area contributed by atoms with Gasteiger partial charge in [-0.2, -0.15) is 0 Å². The van der Waals surface area contributed by atoms with Gasteiger partial charge in [-0.15, -0.1) is 0 Å². The number of carboxylic acids is 1. The Morgan fingerprint density at radius 1 is 1.25 bits per heavy atom. The van der Waals surface area contributed by atoms with E-state index >= 15 is 0 Å². The van der Waals surface area contributed by atoms with Crippen LogP contribution in [0.1, 0.15) is 41.3 Å². The van der Waals surface area contributed by atoms with Gasteiger partial charge >= 0.3 is 5.97 Å². The molecule has 0 saturated carbocycles. The standard InChI is InChI=1S/C16H21NO3/c1-10-6-7-13(9-11(10)2)15(18)17-8-4-5-14(12(17)3)16(19)20/h6-7,9,12,14H,4-5,8H2,1-3H3,(H,19,20)/t12-,14-/m1/s1. The molecule has 0 aromatic heterocycles. The van der Waals surface area contributed by atoms with Crippen LogP contribution >= 0.6 is 0 Å². The predicted octanol–water partition coefficient (Wildman–Crippen LogP) is 2.63. The van der Waals surface area contributed by atoms with Crippen molar-refractivity contribution < 1.29 is 14.7 Å². The topological polar surface area (TPSA) is 57.6 Å². The average Bonchev–Trinajstić information content (AvgIpc) is 2.41. The fourth-order valence-electron chi connectivity index (χ4n) is 2.80. The maximum atomic E-state index is 12.6. The van der Waals surface area contributed by atoms with Gasteiger partial charge in [-0.3, -0.25) is 9.59 Å². The Hall–Kier alpha value is -1.84. The fraction of sp³-hybridized carbons (Fsp3) is 0.500. The van der Waals surface area contributed by atoms with E-state index in [1.807, 2.05) is 39.0 Å². The second-order valence-electron chi connectivity index (χ2n) is 5.63. The molecule has 4 nitrogen and oxygen atoms in total. The Bertz CT molecular complexity index is 539. The molecule has 0 bridgehead atoms. The highest BCUT2D eigenvalue weighted by molar-refractivity contribution is 5.95. The molecule has 2 rings (SSSR count). The van der Waals surface area contributed by atoms with E-state index in [0.717, 1.165) is 17.5 Å². The van der Waals surface area contributed by atoms with E-state index in [-0.39, 0.29) is 11.9 Å². The van der Waals surface area contributed by atoms with E-state index in [4.69, 9.17) is 0 Å². The molecule has 0 unspecified atom stereocenters. The monoisotopic (exact) mass is 275 g/mol. The summed E-state index contributed by atoms with van der Waals surface area (Å²) in [5, 5.41) is 9.22. The zero-order chi connectivity index (χ0) is 14.9. The number of hydrogen-bond acceptors (Lipinski definition) is 2. The third-order valence-electron chi connectivity index (χ3n) is 4.32. The molecule has 108 valence electrons. The zero-order valence-electron chi connectivity index (χ0n) is 12.2. The maximum Gasteiger partial charge on any atom is 0.308 e. The van der Waals surface area contributed by atoms with Crippen LogP contribution in [-0.2, 0) is 4.79 Å². The average molecular weight is 275 g/mol. The lowest BCUT2D eigenvalue weighted by molar-refractivity contribution is -0.144. The molecular formula is C16H21NO3. The second kappa shape index (κ2) is 5.65. The number of hydrogen-bond donors (Lipinski definition) is 1. The molecule has 1 fully saturated rings. The highest BCUT2D eigenvalue weighted by atomic mass is 16.4. The van der Waals surface area contributed by atoms with Crippen LogP contribution in [0.15, 0.2) is 18.2 Å². The number of carbonyl (C=O) groups is 2. The van der Waals surface area contributed by atoms with Crippen LogP contribution in [0.3, 0.4) is 0 Å². The van der Waals surface area contributed by atoms with Gasteiger partial charge in [0.05, 0.1) is 5.92 Å². The lowest BCUT2D eigenvalue weighted by Gasteiger charge is -2.37. The molecule has 2 atom stereocenters. The third-order valence-corrected chi connectivity index (χ3v) is 4.32. The molecule has 1 heterocycles. The van der Waals surface area contributed by atoms with Gasteiger partial charge in [0.25, 0.3) is 5.91 Å². The Labute approximate surface area is 119 Å². The van der Waals surface area contributed by atoms with E-state index in [2.05, 4.69) is 0 Å². The number of carboxylic acid groups (broad SMARTS) is 1. The fourth-order valence-corrected chi connectivity index (χ4v) is 2.80. The summed E-state index contributed by atoms with van der Waals surface area (Å²) in [4.78, 5) is 25.5. The molecule has 20 heavy (non-hydrogen) atoms. The van der Waals surface area contributed by atoms with Crippen molar-refractivity contribution in [3.8, 4) is 0 Å². The van der Waals surface area contributed by atoms with Crippen molar-refractivity contribution in [2.24, 2.45) is 5.92 Å². The van der Waals surface area contributed by atoms with Crippen molar-refractivity contribution in [1.29, 1.82) is 0 Å². The number of aliphatic carboxylic acids is 1. The van der Waals surface area contributed by atoms with Crippen molar-refractivity contribution in [3.63, 3.8) is 0 Å². The molecule has 0 spiro atoms. The Morgan fingerprint density at radius 3 is 2.55 bits per heavy atom. The first-order valence-electron chi connectivity index (χ1n) is 7.03. The molecule has 0 aliphatic carbocycles. The van der Waals surface area contributed by atoms with E-state index in [1.54, 1.807) is 4.90 Å². The van der Waals surface area contributed by atoms with Gasteiger partial charge in [0, 0.05) is 18.2 Å². The Balaban J connectivity index is 2.23. The molecule has 0 radical (unpaired) electrons. The smallest absolute Gasteiger partial charge is 0.308 e. The predicted molar refractivity (Wildman–Crippen MR) is 76.8 cm³/mol. The van der Waals surface area contributed by atoms with Gasteiger partial charge in [0.2, 0.25) is 0 Å². The van der Waals surface area contributed by atoms with Crippen LogP contribution in [0.2, 0.25) is 0 Å². The normalized spacial score (nSPS) is 22.6. The van der Waals surface area contributed by atoms with Crippen molar-refractivity contribution in [3.05, 3.63) is 34.9 Å². The van der Waals surface area contributed by atoms with E-state index in [9.17, 15) is 14.7 Å². The number of likely N-dealkylation sites (tertiary alicyclic amines) is 1. The summed E-state index contributed by atoms with van der Waals surface area (Å²) >= 11 is 0. The van der Waals surface area contributed by atoms with Crippen molar-refractivity contribution in [2.45, 2.75) is 39.7 Å². The summed E-state index contributed by atoms with van der Waals surface area (Å²) in [5.41, 5.74) is 2.87. The van der Waals surface area contributed by atoms with Gasteiger partial charge in [-0.05, 0) is 56.9 Å². The summed E-state index contributed by atoms with van der Waals surface area (Å²) < 4.78 is 0. The second-order valence-corrected chi connectivity index (χ2v) is 5.63. The van der Waals surface area contributed by atoms with Crippen LogP contribution < -0.4 is 0 Å². The molecule has 1 aliphatic heterocycles. The summed E-state index contributed by atoms with van der Waals surface area (Å²) in [6.07, 6.45) is 1.39. The van der Waals surface area contributed by atoms with E-state index < -0.39 is 11.9 Å². The minimum atomic E-state index is -0.810. The number of piperidine rings is 1. The molecule has 1 amide bonds. The minimum absolute atomic E-state index is 0.0634. The molecule has 1 aliphatic rings. The lowest BCUT2D eigenvalue weighted by Crippen LogP contribution is -2.49. The molecule has 1 N–H and O–H groups in total. The van der Waals surface area contributed by atoms with Crippen molar-refractivity contribution in [1.82, 2.24) is 4.90 Å². The number of nitrogens with zero attached hydrogens (tertiary/aromatic N) is 1. The van der Waals surface area contributed by atoms with E-state index in [0.29, 0.717) is 18.5 Å². The summed E-state index contributed by atoms with van der Waals surface area (Å²) in [6.45, 7) is 6.45. The van der Waals surface area contributed by atoms with Crippen LogP contribution in [-0.4, -0.2) is 34.5 Å². The lowest BCUT2D eigenvalue weighted by atomic mass is 9.89. The Kier molecular flexibility index (Phi) is 4.12. The first-order valence-corrected chi connectivity index (χ1v) is 7.03. The van der Waals surface area contributed by atoms with Gasteiger partial charge in [0.15, 0.2) is 0 Å². The summed E-state index contributed by atoms with van der Waals surface area (Å²) in [5.74, 6) is -1.33. The van der Waals surface area contributed by atoms with Gasteiger partial charge in [-0.1, -0.05) is 6.07 Å². The number of benzene rings is 1. The third kappa shape index (κ3) is 2.69. The van der Waals surface area contributed by atoms with Gasteiger partial charge in [-0.25, -0.2) is 0 Å². The number of carbonyl (C=O) groups excluding carboxylic acids is 1. The summed E-state index contributed by atoms with van der Waals surface area (Å²) in [6, 6.07) is 5.39. The highest BCUT2D eigenvalue weighted by Crippen LogP contribution is 2.25. The van der Waals surface area contributed by atoms with Crippen LogP contribution in [0, 0.1) is 19.8 Å². The Morgan fingerprint density at radius 2 is 1.95 bits per heavy atom. The van der Waals surface area contributed by atoms with Crippen LogP contribution in [0.5, 0.6) is 0 Å². The minimum Gasteiger partial charge on any atom is -0.481 e. The number of aryl methyl sites for hydroxylation is 2. The maximum absolute atomic E-state index is 12.6. The number of amides is 1. The van der Waals surface area contributed by atoms with E-state index in [1.165, 1.54) is 0 Å². The molecule has 1 aromatic rings. The van der Waals surface area contributed by atoms with Gasteiger partial charge < -0.3 is 10.0 Å². The first kappa shape index (κ1) is 14.6. The van der Waals surface area contributed by atoms with Gasteiger partial charge in [0.1, 0.15) is 0 Å². The molecule has 1 aromatic carbocycles. The molecular weight excluding hydrogens is 254 g/mol. The molecule has 1 saturated heterocycles. The first-order chi connectivity index (χ1) is 9.41. The number of rotatable bonds is 2. The van der Waals surface area contributed by atoms with Crippen molar-refractivity contribution >= 4 is 11.9 Å². The quantitative estimate of drug-likeness (QED) is 0.902. The largest absolute Gasteiger partial charge is 0.481 e. The zero-order valence-corrected chi connectivity index (χ0v) is 12.2. The van der Waals surface area contributed by atoms with Crippen molar-refractivity contribution in [2.75, 3.05) is 6.54 Å². The highest BCUT2D eigenvalue weighted by Gasteiger charge is 2.35. The SMILES string of the molecule is Cc1ccc(C(=O)N2CCC[C@@H](C(=O)O)[C@H]2C)cc1C.